The van der Waals surface area contributed by atoms with Crippen molar-refractivity contribution in [2.24, 2.45) is 0 Å². The molecular formula is C16H16FNO2. The van der Waals surface area contributed by atoms with Crippen molar-refractivity contribution in [2.45, 2.75) is 19.5 Å². The molecule has 0 radical (unpaired) electrons. The topological polar surface area (TPSA) is 49.3 Å². The molecule has 0 aromatic heterocycles. The lowest BCUT2D eigenvalue weighted by Gasteiger charge is -2.14. The maximum Gasteiger partial charge on any atom is 0.335 e. The van der Waals surface area contributed by atoms with Crippen LogP contribution in [0.5, 0.6) is 0 Å². The number of halogens is 1. The molecule has 0 bridgehead atoms. The average Bonchev–Trinajstić information content (AvgIpc) is 2.45. The molecule has 0 spiro atoms. The minimum absolute atomic E-state index is 0.0184. The van der Waals surface area contributed by atoms with Crippen LogP contribution in [-0.2, 0) is 6.54 Å². The first-order chi connectivity index (χ1) is 9.56. The van der Waals surface area contributed by atoms with Crippen LogP contribution in [0.25, 0.3) is 0 Å². The van der Waals surface area contributed by atoms with Crippen LogP contribution < -0.4 is 5.32 Å². The van der Waals surface area contributed by atoms with Gasteiger partial charge in [-0.1, -0.05) is 24.3 Å². The van der Waals surface area contributed by atoms with Gasteiger partial charge >= 0.3 is 5.97 Å². The van der Waals surface area contributed by atoms with Crippen LogP contribution in [0.4, 0.5) is 4.39 Å². The van der Waals surface area contributed by atoms with Crippen molar-refractivity contribution in [3.63, 3.8) is 0 Å². The second-order valence-electron chi connectivity index (χ2n) is 4.66. The Balaban J connectivity index is 1.96. The fourth-order valence-electron chi connectivity index (χ4n) is 1.93. The second-order valence-corrected chi connectivity index (χ2v) is 4.66. The Kier molecular flexibility index (Phi) is 4.48. The van der Waals surface area contributed by atoms with Gasteiger partial charge in [0.05, 0.1) is 5.56 Å². The molecule has 2 aromatic rings. The van der Waals surface area contributed by atoms with Gasteiger partial charge in [0.25, 0.3) is 0 Å². The molecule has 0 amide bonds. The SMILES string of the molecule is C[C@H](NCc1ccc(C(=O)O)cc1)c1cccc(F)c1. The smallest absolute Gasteiger partial charge is 0.335 e. The van der Waals surface area contributed by atoms with Crippen molar-refractivity contribution in [1.29, 1.82) is 0 Å². The molecule has 0 saturated carbocycles. The predicted molar refractivity (Wildman–Crippen MR) is 75.1 cm³/mol. The van der Waals surface area contributed by atoms with Crippen molar-refractivity contribution in [3.8, 4) is 0 Å². The number of carbonyl (C=O) groups is 1. The zero-order chi connectivity index (χ0) is 14.5. The van der Waals surface area contributed by atoms with E-state index in [1.54, 1.807) is 30.3 Å². The number of nitrogens with one attached hydrogen (secondary N) is 1. The first-order valence-corrected chi connectivity index (χ1v) is 6.37. The zero-order valence-corrected chi connectivity index (χ0v) is 11.1. The fraction of sp³-hybridized carbons (Fsp3) is 0.188. The molecule has 0 unspecified atom stereocenters. The van der Waals surface area contributed by atoms with Crippen LogP contribution in [-0.4, -0.2) is 11.1 Å². The minimum atomic E-state index is -0.933. The van der Waals surface area contributed by atoms with Crippen molar-refractivity contribution < 1.29 is 14.3 Å². The maximum absolute atomic E-state index is 13.1. The third kappa shape index (κ3) is 3.65. The summed E-state index contributed by atoms with van der Waals surface area (Å²) in [6.45, 7) is 2.55. The molecule has 2 aromatic carbocycles. The van der Waals surface area contributed by atoms with Gasteiger partial charge in [-0.05, 0) is 42.3 Å². The summed E-state index contributed by atoms with van der Waals surface area (Å²) in [5.41, 5.74) is 2.14. The molecule has 20 heavy (non-hydrogen) atoms. The Morgan fingerprint density at radius 1 is 1.25 bits per heavy atom. The lowest BCUT2D eigenvalue weighted by atomic mass is 10.1. The highest BCUT2D eigenvalue weighted by Crippen LogP contribution is 2.14. The van der Waals surface area contributed by atoms with E-state index in [0.717, 1.165) is 11.1 Å². The first kappa shape index (κ1) is 14.2. The number of benzene rings is 2. The van der Waals surface area contributed by atoms with Crippen LogP contribution in [0.15, 0.2) is 48.5 Å². The number of hydrogen-bond donors (Lipinski definition) is 2. The van der Waals surface area contributed by atoms with E-state index >= 15 is 0 Å². The molecule has 1 atom stereocenters. The lowest BCUT2D eigenvalue weighted by molar-refractivity contribution is 0.0697. The summed E-state index contributed by atoms with van der Waals surface area (Å²) in [6, 6.07) is 13.2. The molecule has 0 saturated heterocycles. The van der Waals surface area contributed by atoms with Crippen molar-refractivity contribution in [1.82, 2.24) is 5.32 Å². The highest BCUT2D eigenvalue weighted by atomic mass is 19.1. The molecule has 2 N–H and O–H groups in total. The number of carboxylic acid groups (broad SMARTS) is 1. The first-order valence-electron chi connectivity index (χ1n) is 6.37. The molecule has 0 aliphatic carbocycles. The summed E-state index contributed by atoms with van der Waals surface area (Å²) in [6.07, 6.45) is 0. The Morgan fingerprint density at radius 3 is 2.55 bits per heavy atom. The average molecular weight is 273 g/mol. The molecule has 0 heterocycles. The maximum atomic E-state index is 13.1. The van der Waals surface area contributed by atoms with Crippen molar-refractivity contribution in [2.75, 3.05) is 0 Å². The van der Waals surface area contributed by atoms with Crippen LogP contribution in [0.3, 0.4) is 0 Å². The standard InChI is InChI=1S/C16H16FNO2/c1-11(14-3-2-4-15(17)9-14)18-10-12-5-7-13(8-6-12)16(19)20/h2-9,11,18H,10H2,1H3,(H,19,20)/t11-/m0/s1. The quantitative estimate of drug-likeness (QED) is 0.878. The minimum Gasteiger partial charge on any atom is -0.478 e. The highest BCUT2D eigenvalue weighted by Gasteiger charge is 2.06. The summed E-state index contributed by atoms with van der Waals surface area (Å²) < 4.78 is 13.1. The monoisotopic (exact) mass is 273 g/mol. The number of hydrogen-bond acceptors (Lipinski definition) is 2. The molecule has 104 valence electrons. The number of rotatable bonds is 5. The van der Waals surface area contributed by atoms with Crippen LogP contribution >= 0.6 is 0 Å². The van der Waals surface area contributed by atoms with Crippen LogP contribution in [0, 0.1) is 5.82 Å². The summed E-state index contributed by atoms with van der Waals surface area (Å²) in [7, 11) is 0. The lowest BCUT2D eigenvalue weighted by Crippen LogP contribution is -2.18. The third-order valence-electron chi connectivity index (χ3n) is 3.16. The largest absolute Gasteiger partial charge is 0.478 e. The van der Waals surface area contributed by atoms with E-state index in [0.29, 0.717) is 6.54 Å². The van der Waals surface area contributed by atoms with Gasteiger partial charge in [-0.3, -0.25) is 0 Å². The van der Waals surface area contributed by atoms with Gasteiger partial charge in [0.1, 0.15) is 5.82 Å². The van der Waals surface area contributed by atoms with E-state index in [2.05, 4.69) is 5.32 Å². The zero-order valence-electron chi connectivity index (χ0n) is 11.1. The summed E-state index contributed by atoms with van der Waals surface area (Å²) in [5.74, 6) is -1.18. The Morgan fingerprint density at radius 2 is 1.95 bits per heavy atom. The summed E-state index contributed by atoms with van der Waals surface area (Å²) in [5, 5.41) is 12.1. The molecule has 3 nitrogen and oxygen atoms in total. The van der Waals surface area contributed by atoms with E-state index in [-0.39, 0.29) is 17.4 Å². The second kappa shape index (κ2) is 6.30. The van der Waals surface area contributed by atoms with Crippen LogP contribution in [0.2, 0.25) is 0 Å². The van der Waals surface area contributed by atoms with Gasteiger partial charge in [0.2, 0.25) is 0 Å². The van der Waals surface area contributed by atoms with E-state index in [4.69, 9.17) is 5.11 Å². The molecule has 0 aliphatic heterocycles. The third-order valence-corrected chi connectivity index (χ3v) is 3.16. The van der Waals surface area contributed by atoms with E-state index in [1.165, 1.54) is 12.1 Å². The molecule has 2 rings (SSSR count). The summed E-state index contributed by atoms with van der Waals surface area (Å²) in [4.78, 5) is 10.7. The molecule has 4 heteroatoms. The van der Waals surface area contributed by atoms with Gasteiger partial charge in [-0.2, -0.15) is 0 Å². The van der Waals surface area contributed by atoms with Gasteiger partial charge in [0, 0.05) is 12.6 Å². The Hall–Kier alpha value is -2.20. The van der Waals surface area contributed by atoms with Gasteiger partial charge in [0.15, 0.2) is 0 Å². The Labute approximate surface area is 117 Å². The predicted octanol–water partition coefficient (Wildman–Crippen LogP) is 3.37. The number of carboxylic acids is 1. The van der Waals surface area contributed by atoms with E-state index < -0.39 is 5.97 Å². The van der Waals surface area contributed by atoms with Crippen molar-refractivity contribution in [3.05, 3.63) is 71.0 Å². The normalized spacial score (nSPS) is 12.1. The highest BCUT2D eigenvalue weighted by molar-refractivity contribution is 5.87. The van der Waals surface area contributed by atoms with E-state index in [9.17, 15) is 9.18 Å². The fourth-order valence-corrected chi connectivity index (χ4v) is 1.93. The van der Waals surface area contributed by atoms with Gasteiger partial charge in [-0.25, -0.2) is 9.18 Å². The van der Waals surface area contributed by atoms with Crippen molar-refractivity contribution >= 4 is 5.97 Å². The van der Waals surface area contributed by atoms with Crippen LogP contribution in [0.1, 0.15) is 34.5 Å². The van der Waals surface area contributed by atoms with E-state index in [1.807, 2.05) is 13.0 Å². The molecule has 0 aliphatic rings. The van der Waals surface area contributed by atoms with Gasteiger partial charge < -0.3 is 10.4 Å². The molecule has 0 fully saturated rings. The molecular weight excluding hydrogens is 257 g/mol. The number of aromatic carboxylic acids is 1. The summed E-state index contributed by atoms with van der Waals surface area (Å²) >= 11 is 0. The van der Waals surface area contributed by atoms with Gasteiger partial charge in [-0.15, -0.1) is 0 Å². The Bertz CT molecular complexity index is 596.